The van der Waals surface area contributed by atoms with Crippen LogP contribution < -0.4 is 10.1 Å². The molecule has 1 aliphatic carbocycles. The van der Waals surface area contributed by atoms with Crippen LogP contribution in [0.3, 0.4) is 0 Å². The minimum atomic E-state index is -0.914. The number of anilines is 1. The van der Waals surface area contributed by atoms with Crippen molar-refractivity contribution in [2.24, 2.45) is 5.92 Å². The van der Waals surface area contributed by atoms with Crippen LogP contribution >= 0.6 is 0 Å². The van der Waals surface area contributed by atoms with E-state index in [0.29, 0.717) is 12.5 Å². The maximum Gasteiger partial charge on any atom is 0.335 e. The smallest absolute Gasteiger partial charge is 0.335 e. The number of aromatic carboxylic acids is 1. The highest BCUT2D eigenvalue weighted by Crippen LogP contribution is 2.44. The molecule has 0 spiro atoms. The zero-order valence-corrected chi connectivity index (χ0v) is 21.1. The summed E-state index contributed by atoms with van der Waals surface area (Å²) in [6.07, 6.45) is 4.23. The van der Waals surface area contributed by atoms with E-state index in [2.05, 4.69) is 63.4 Å². The summed E-state index contributed by atoms with van der Waals surface area (Å²) in [5.74, 6) is 0.483. The van der Waals surface area contributed by atoms with Crippen molar-refractivity contribution in [2.45, 2.75) is 52.6 Å². The summed E-state index contributed by atoms with van der Waals surface area (Å²) >= 11 is 0. The van der Waals surface area contributed by atoms with Crippen molar-refractivity contribution in [1.82, 2.24) is 0 Å². The highest BCUT2D eigenvalue weighted by atomic mass is 16.5. The predicted molar refractivity (Wildman–Crippen MR) is 143 cm³/mol. The molecule has 0 aliphatic heterocycles. The number of benzene rings is 3. The van der Waals surface area contributed by atoms with E-state index < -0.39 is 5.97 Å². The lowest BCUT2D eigenvalue weighted by Crippen LogP contribution is -2.23. The van der Waals surface area contributed by atoms with Crippen LogP contribution in [0.15, 0.2) is 72.8 Å². The fourth-order valence-electron chi connectivity index (χ4n) is 4.69. The van der Waals surface area contributed by atoms with E-state index in [0.717, 1.165) is 36.4 Å². The lowest BCUT2D eigenvalue weighted by atomic mass is 9.71. The van der Waals surface area contributed by atoms with E-state index in [4.69, 9.17) is 9.84 Å². The second kappa shape index (κ2) is 10.4. The van der Waals surface area contributed by atoms with Gasteiger partial charge >= 0.3 is 5.97 Å². The lowest BCUT2D eigenvalue weighted by molar-refractivity contribution is 0.0697. The number of nitrogens with one attached hydrogen (secondary N) is 1. The Morgan fingerprint density at radius 3 is 2.43 bits per heavy atom. The van der Waals surface area contributed by atoms with Crippen molar-refractivity contribution < 1.29 is 14.6 Å². The topological polar surface area (TPSA) is 58.6 Å². The van der Waals surface area contributed by atoms with Gasteiger partial charge in [0.2, 0.25) is 0 Å². The molecule has 4 heteroatoms. The molecule has 3 aromatic rings. The average molecular weight is 470 g/mol. The highest BCUT2D eigenvalue weighted by Gasteiger charge is 2.30. The number of ether oxygens (including phenoxy) is 1. The molecule has 0 bridgehead atoms. The average Bonchev–Trinajstić information content (AvgIpc) is 2.83. The van der Waals surface area contributed by atoms with E-state index >= 15 is 0 Å². The molecule has 4 rings (SSSR count). The highest BCUT2D eigenvalue weighted by molar-refractivity contribution is 5.88. The fourth-order valence-corrected chi connectivity index (χ4v) is 4.69. The summed E-state index contributed by atoms with van der Waals surface area (Å²) in [4.78, 5) is 11.1. The van der Waals surface area contributed by atoms with Crippen molar-refractivity contribution in [3.8, 4) is 5.75 Å². The molecule has 2 N–H and O–H groups in total. The van der Waals surface area contributed by atoms with Crippen LogP contribution in [0.25, 0.3) is 5.57 Å². The molecule has 0 heterocycles. The Hall–Kier alpha value is -3.53. The predicted octanol–water partition coefficient (Wildman–Crippen LogP) is 7.34. The third-order valence-corrected chi connectivity index (χ3v) is 6.79. The van der Waals surface area contributed by atoms with Crippen LogP contribution in [0, 0.1) is 5.92 Å². The zero-order chi connectivity index (χ0) is 25.0. The van der Waals surface area contributed by atoms with E-state index in [1.165, 1.54) is 22.3 Å². The van der Waals surface area contributed by atoms with Crippen molar-refractivity contribution in [1.29, 1.82) is 0 Å². The van der Waals surface area contributed by atoms with Gasteiger partial charge in [0.1, 0.15) is 12.4 Å². The van der Waals surface area contributed by atoms with Crippen LogP contribution in [0.5, 0.6) is 5.75 Å². The first kappa shape index (κ1) is 24.6. The summed E-state index contributed by atoms with van der Waals surface area (Å²) in [6, 6.07) is 21.7. The molecule has 0 saturated heterocycles. The molecular weight excluding hydrogens is 434 g/mol. The minimum absolute atomic E-state index is 0.0568. The van der Waals surface area contributed by atoms with Gasteiger partial charge in [-0.15, -0.1) is 0 Å². The van der Waals surface area contributed by atoms with E-state index in [1.807, 2.05) is 30.3 Å². The molecule has 1 aliphatic rings. The normalized spacial score (nSPS) is 14.3. The number of carboxylic acids is 1. The number of carbonyl (C=O) groups is 1. The Morgan fingerprint density at radius 2 is 1.77 bits per heavy atom. The third kappa shape index (κ3) is 5.76. The molecule has 182 valence electrons. The Labute approximate surface area is 208 Å². The Balaban J connectivity index is 1.60. The van der Waals surface area contributed by atoms with Gasteiger partial charge in [0.25, 0.3) is 0 Å². The van der Waals surface area contributed by atoms with Gasteiger partial charge in [0, 0.05) is 12.2 Å². The van der Waals surface area contributed by atoms with Crippen molar-refractivity contribution >= 4 is 17.2 Å². The summed E-state index contributed by atoms with van der Waals surface area (Å²) in [7, 11) is 0. The quantitative estimate of drug-likeness (QED) is 0.344. The van der Waals surface area contributed by atoms with Crippen LogP contribution in [-0.4, -0.2) is 17.6 Å². The first-order valence-corrected chi connectivity index (χ1v) is 12.4. The minimum Gasteiger partial charge on any atom is -0.489 e. The molecule has 0 aromatic heterocycles. The summed E-state index contributed by atoms with van der Waals surface area (Å²) in [5, 5.41) is 12.5. The van der Waals surface area contributed by atoms with Crippen molar-refractivity contribution in [2.75, 3.05) is 11.9 Å². The number of hydrogen-bond acceptors (Lipinski definition) is 3. The molecule has 3 aromatic carbocycles. The molecule has 0 radical (unpaired) electrons. The number of carboxylic acid groups (broad SMARTS) is 1. The van der Waals surface area contributed by atoms with Crippen LogP contribution in [0.2, 0.25) is 0 Å². The second-order valence-corrected chi connectivity index (χ2v) is 10.2. The first-order chi connectivity index (χ1) is 16.7. The summed E-state index contributed by atoms with van der Waals surface area (Å²) in [5.41, 5.74) is 7.68. The standard InChI is InChI=1S/C31H35NO3/c1-21(2)26-14-16-31(3,4)28-19-29(35-20-22-8-6-5-7-9-22)24(18-27(26)28)15-17-32-25-12-10-23(11-13-25)30(33)34/h5-14,18-19,21,32H,15-17,20H2,1-4H3,(H,33,34). The van der Waals surface area contributed by atoms with Crippen LogP contribution in [0.4, 0.5) is 5.69 Å². The Bertz CT molecular complexity index is 1210. The molecule has 4 nitrogen and oxygen atoms in total. The molecule has 0 fully saturated rings. The molecule has 0 saturated carbocycles. The van der Waals surface area contributed by atoms with Crippen LogP contribution in [-0.2, 0) is 18.4 Å². The van der Waals surface area contributed by atoms with Crippen LogP contribution in [0.1, 0.15) is 66.7 Å². The van der Waals surface area contributed by atoms with E-state index in [1.54, 1.807) is 12.1 Å². The molecular formula is C31H35NO3. The van der Waals surface area contributed by atoms with Crippen molar-refractivity contribution in [3.63, 3.8) is 0 Å². The molecule has 0 atom stereocenters. The largest absolute Gasteiger partial charge is 0.489 e. The van der Waals surface area contributed by atoms with Gasteiger partial charge in [-0.3, -0.25) is 0 Å². The van der Waals surface area contributed by atoms with Gasteiger partial charge < -0.3 is 15.2 Å². The lowest BCUT2D eigenvalue weighted by Gasteiger charge is -2.34. The summed E-state index contributed by atoms with van der Waals surface area (Å²) in [6.45, 7) is 10.4. The van der Waals surface area contributed by atoms with E-state index in [-0.39, 0.29) is 11.0 Å². The molecule has 0 amide bonds. The van der Waals surface area contributed by atoms with E-state index in [9.17, 15) is 4.79 Å². The number of rotatable bonds is 9. The Kier molecular flexibility index (Phi) is 7.30. The van der Waals surface area contributed by atoms with Gasteiger partial charge in [-0.05, 0) is 88.4 Å². The molecule has 35 heavy (non-hydrogen) atoms. The fraction of sp³-hybridized carbons (Fsp3) is 0.323. The monoisotopic (exact) mass is 469 g/mol. The SMILES string of the molecule is CC(C)C1=CCC(C)(C)c2cc(OCc3ccccc3)c(CCNc3ccc(C(=O)O)cc3)cc21. The molecule has 0 unspecified atom stereocenters. The maximum absolute atomic E-state index is 11.1. The summed E-state index contributed by atoms with van der Waals surface area (Å²) < 4.78 is 6.41. The second-order valence-electron chi connectivity index (χ2n) is 10.2. The van der Waals surface area contributed by atoms with Gasteiger partial charge in [-0.2, -0.15) is 0 Å². The number of allylic oxidation sites excluding steroid dienone is 2. The van der Waals surface area contributed by atoms with Gasteiger partial charge in [0.05, 0.1) is 5.56 Å². The zero-order valence-electron chi connectivity index (χ0n) is 21.1. The Morgan fingerprint density at radius 1 is 1.06 bits per heavy atom. The number of fused-ring (bicyclic) bond motifs is 1. The first-order valence-electron chi connectivity index (χ1n) is 12.4. The van der Waals surface area contributed by atoms with Crippen molar-refractivity contribution in [3.05, 3.63) is 101 Å². The third-order valence-electron chi connectivity index (χ3n) is 6.79. The number of hydrogen-bond donors (Lipinski definition) is 2. The van der Waals surface area contributed by atoms with Gasteiger partial charge in [-0.25, -0.2) is 4.79 Å². The maximum atomic E-state index is 11.1. The van der Waals surface area contributed by atoms with Gasteiger partial charge in [0.15, 0.2) is 0 Å². The van der Waals surface area contributed by atoms with Gasteiger partial charge in [-0.1, -0.05) is 64.1 Å².